The van der Waals surface area contributed by atoms with Crippen LogP contribution in [0.25, 0.3) is 11.3 Å². The number of piperazine rings is 1. The molecular formula is C25H27ClN4O3. The summed E-state index contributed by atoms with van der Waals surface area (Å²) in [5, 5.41) is 0.727. The van der Waals surface area contributed by atoms with Crippen molar-refractivity contribution in [3.63, 3.8) is 0 Å². The lowest BCUT2D eigenvalue weighted by Crippen LogP contribution is -2.50. The first kappa shape index (κ1) is 22.9. The molecule has 3 aromatic rings. The van der Waals surface area contributed by atoms with E-state index in [4.69, 9.17) is 21.1 Å². The van der Waals surface area contributed by atoms with Gasteiger partial charge in [-0.15, -0.1) is 0 Å². The normalized spacial score (nSPS) is 13.7. The lowest BCUT2D eigenvalue weighted by molar-refractivity contribution is -0.133. The van der Waals surface area contributed by atoms with Crippen LogP contribution in [-0.4, -0.2) is 60.7 Å². The number of carbonyl (C=O) groups is 1. The van der Waals surface area contributed by atoms with Crippen molar-refractivity contribution >= 4 is 23.3 Å². The van der Waals surface area contributed by atoms with Gasteiger partial charge in [0.05, 0.1) is 12.8 Å². The van der Waals surface area contributed by atoms with E-state index in [0.717, 1.165) is 39.0 Å². The number of aromatic nitrogens is 2. The van der Waals surface area contributed by atoms with Crippen LogP contribution in [0.5, 0.6) is 11.5 Å². The standard InChI is InChI=1S/C25H27ClN4O3/c1-17-12-21(13-18(2)25(17)26)33-15-24(31)30-10-8-29(9-11-30)23-14-22(27-16-28-23)19-4-6-20(32-3)7-5-19/h4-7,12-14,16H,8-11,15H2,1-3H3. The molecule has 7 nitrogen and oxygen atoms in total. The average molecular weight is 467 g/mol. The molecule has 0 aliphatic carbocycles. The van der Waals surface area contributed by atoms with E-state index >= 15 is 0 Å². The molecule has 172 valence electrons. The van der Waals surface area contributed by atoms with Crippen LogP contribution in [-0.2, 0) is 4.79 Å². The van der Waals surface area contributed by atoms with Crippen LogP contribution in [0.1, 0.15) is 11.1 Å². The van der Waals surface area contributed by atoms with Gasteiger partial charge in [0.25, 0.3) is 5.91 Å². The predicted octanol–water partition coefficient (Wildman–Crippen LogP) is 4.15. The maximum Gasteiger partial charge on any atom is 0.260 e. The van der Waals surface area contributed by atoms with E-state index in [1.807, 2.05) is 61.2 Å². The summed E-state index contributed by atoms with van der Waals surface area (Å²) < 4.78 is 11.0. The second kappa shape index (κ2) is 10.1. The van der Waals surface area contributed by atoms with Crippen molar-refractivity contribution in [3.05, 3.63) is 64.9 Å². The summed E-state index contributed by atoms with van der Waals surface area (Å²) in [6.07, 6.45) is 1.58. The Morgan fingerprint density at radius 2 is 1.64 bits per heavy atom. The fourth-order valence-corrected chi connectivity index (χ4v) is 3.96. The lowest BCUT2D eigenvalue weighted by atomic mass is 10.1. The van der Waals surface area contributed by atoms with E-state index in [2.05, 4.69) is 14.9 Å². The number of methoxy groups -OCH3 is 1. The van der Waals surface area contributed by atoms with Gasteiger partial charge in [0.1, 0.15) is 23.6 Å². The number of carbonyl (C=O) groups excluding carboxylic acids is 1. The number of ether oxygens (including phenoxy) is 2. The largest absolute Gasteiger partial charge is 0.497 e. The van der Waals surface area contributed by atoms with Gasteiger partial charge in [-0.1, -0.05) is 11.6 Å². The van der Waals surface area contributed by atoms with Crippen molar-refractivity contribution in [2.45, 2.75) is 13.8 Å². The topological polar surface area (TPSA) is 67.8 Å². The molecule has 8 heteroatoms. The van der Waals surface area contributed by atoms with Crippen LogP contribution in [0.2, 0.25) is 5.02 Å². The van der Waals surface area contributed by atoms with Gasteiger partial charge in [0.2, 0.25) is 0 Å². The zero-order chi connectivity index (χ0) is 23.4. The highest BCUT2D eigenvalue weighted by Gasteiger charge is 2.22. The number of anilines is 1. The number of amides is 1. The number of rotatable bonds is 6. The molecule has 0 N–H and O–H groups in total. The van der Waals surface area contributed by atoms with Gasteiger partial charge in [-0.05, 0) is 61.4 Å². The second-order valence-electron chi connectivity index (χ2n) is 8.02. The van der Waals surface area contributed by atoms with Gasteiger partial charge in [-0.3, -0.25) is 4.79 Å². The predicted molar refractivity (Wildman–Crippen MR) is 129 cm³/mol. The first-order valence-electron chi connectivity index (χ1n) is 10.8. The summed E-state index contributed by atoms with van der Waals surface area (Å²) in [6.45, 7) is 6.49. The molecule has 0 unspecified atom stereocenters. The smallest absolute Gasteiger partial charge is 0.260 e. The van der Waals surface area contributed by atoms with Crippen molar-refractivity contribution in [3.8, 4) is 22.8 Å². The maximum absolute atomic E-state index is 12.7. The third kappa shape index (κ3) is 5.37. The fraction of sp³-hybridized carbons (Fsp3) is 0.320. The van der Waals surface area contributed by atoms with Gasteiger partial charge >= 0.3 is 0 Å². The van der Waals surface area contributed by atoms with Crippen LogP contribution in [0.15, 0.2) is 48.8 Å². The number of aryl methyl sites for hydroxylation is 2. The number of hydrogen-bond acceptors (Lipinski definition) is 6. The Labute approximate surface area is 198 Å². The minimum atomic E-state index is -0.0264. The van der Waals surface area contributed by atoms with E-state index in [1.54, 1.807) is 13.4 Å². The van der Waals surface area contributed by atoms with Gasteiger partial charge in [-0.2, -0.15) is 0 Å². The van der Waals surface area contributed by atoms with Crippen LogP contribution < -0.4 is 14.4 Å². The van der Waals surface area contributed by atoms with Crippen molar-refractivity contribution in [1.29, 1.82) is 0 Å². The molecule has 0 radical (unpaired) electrons. The zero-order valence-electron chi connectivity index (χ0n) is 19.0. The SMILES string of the molecule is COc1ccc(-c2cc(N3CCN(C(=O)COc4cc(C)c(Cl)c(C)c4)CC3)ncn2)cc1. The molecule has 1 aliphatic rings. The van der Waals surface area contributed by atoms with Crippen molar-refractivity contribution in [2.75, 3.05) is 44.8 Å². The lowest BCUT2D eigenvalue weighted by Gasteiger charge is -2.35. The Morgan fingerprint density at radius 3 is 2.27 bits per heavy atom. The molecule has 2 heterocycles. The molecule has 1 saturated heterocycles. The van der Waals surface area contributed by atoms with E-state index in [9.17, 15) is 4.79 Å². The molecule has 1 amide bonds. The number of nitrogens with zero attached hydrogens (tertiary/aromatic N) is 4. The minimum absolute atomic E-state index is 0.00956. The zero-order valence-corrected chi connectivity index (χ0v) is 19.8. The van der Waals surface area contributed by atoms with Gasteiger partial charge in [0.15, 0.2) is 6.61 Å². The number of benzene rings is 2. The quantitative estimate of drug-likeness (QED) is 0.543. The van der Waals surface area contributed by atoms with E-state index in [0.29, 0.717) is 31.9 Å². The highest BCUT2D eigenvalue weighted by atomic mass is 35.5. The Balaban J connectivity index is 1.33. The molecule has 0 saturated carbocycles. The monoisotopic (exact) mass is 466 g/mol. The first-order valence-corrected chi connectivity index (χ1v) is 11.2. The highest BCUT2D eigenvalue weighted by Crippen LogP contribution is 2.26. The van der Waals surface area contributed by atoms with Crippen LogP contribution in [0, 0.1) is 13.8 Å². The van der Waals surface area contributed by atoms with Gasteiger partial charge in [-0.25, -0.2) is 9.97 Å². The Bertz CT molecular complexity index is 1110. The van der Waals surface area contributed by atoms with E-state index in [1.165, 1.54) is 0 Å². The molecule has 0 spiro atoms. The number of hydrogen-bond donors (Lipinski definition) is 0. The van der Waals surface area contributed by atoms with Gasteiger partial charge in [0, 0.05) is 42.8 Å². The minimum Gasteiger partial charge on any atom is -0.497 e. The van der Waals surface area contributed by atoms with Crippen molar-refractivity contribution < 1.29 is 14.3 Å². The third-order valence-electron chi connectivity index (χ3n) is 5.77. The van der Waals surface area contributed by atoms with Crippen LogP contribution in [0.3, 0.4) is 0 Å². The molecule has 1 aromatic heterocycles. The summed E-state index contributed by atoms with van der Waals surface area (Å²) in [5.41, 5.74) is 3.72. The van der Waals surface area contributed by atoms with Crippen molar-refractivity contribution in [1.82, 2.24) is 14.9 Å². The average Bonchev–Trinajstić information content (AvgIpc) is 2.86. The third-order valence-corrected chi connectivity index (χ3v) is 6.36. The van der Waals surface area contributed by atoms with Gasteiger partial charge < -0.3 is 19.3 Å². The van der Waals surface area contributed by atoms with E-state index < -0.39 is 0 Å². The summed E-state index contributed by atoms with van der Waals surface area (Å²) in [4.78, 5) is 25.5. The Morgan fingerprint density at radius 1 is 0.970 bits per heavy atom. The highest BCUT2D eigenvalue weighted by molar-refractivity contribution is 6.32. The Hall–Kier alpha value is -3.32. The first-order chi connectivity index (χ1) is 15.9. The molecule has 0 bridgehead atoms. The molecule has 2 aromatic carbocycles. The summed E-state index contributed by atoms with van der Waals surface area (Å²) in [5.74, 6) is 2.29. The molecule has 1 fully saturated rings. The second-order valence-corrected chi connectivity index (χ2v) is 8.40. The Kier molecular flexibility index (Phi) is 6.99. The maximum atomic E-state index is 12.7. The molecule has 4 rings (SSSR count). The van der Waals surface area contributed by atoms with Crippen LogP contribution in [0.4, 0.5) is 5.82 Å². The molecule has 1 aliphatic heterocycles. The summed E-state index contributed by atoms with van der Waals surface area (Å²) >= 11 is 6.21. The summed E-state index contributed by atoms with van der Waals surface area (Å²) in [6, 6.07) is 13.5. The summed E-state index contributed by atoms with van der Waals surface area (Å²) in [7, 11) is 1.65. The molecular weight excluding hydrogens is 440 g/mol. The molecule has 33 heavy (non-hydrogen) atoms. The molecule has 0 atom stereocenters. The fourth-order valence-electron chi connectivity index (χ4n) is 3.85. The van der Waals surface area contributed by atoms with Crippen molar-refractivity contribution in [2.24, 2.45) is 0 Å². The van der Waals surface area contributed by atoms with Crippen LogP contribution >= 0.6 is 11.6 Å². The van der Waals surface area contributed by atoms with E-state index in [-0.39, 0.29) is 12.5 Å². The number of halogens is 1.